The highest BCUT2D eigenvalue weighted by Gasteiger charge is 2.20. The Balaban J connectivity index is 2.42. The van der Waals surface area contributed by atoms with E-state index in [1.54, 1.807) is 0 Å². The fourth-order valence-electron chi connectivity index (χ4n) is 1.47. The maximum Gasteiger partial charge on any atom is 0.117 e. The molecule has 0 aliphatic carbocycles. The number of hydrogen-bond acceptors (Lipinski definition) is 1. The molecule has 0 aromatic carbocycles. The molecule has 1 nitrogen and oxygen atoms in total. The van der Waals surface area contributed by atoms with Gasteiger partial charge in [-0.2, -0.15) is 0 Å². The van der Waals surface area contributed by atoms with E-state index in [-0.39, 0.29) is 0 Å². The lowest BCUT2D eigenvalue weighted by Gasteiger charge is -2.25. The number of ether oxygens (including phenoxy) is 1. The largest absolute Gasteiger partial charge is 0.381 e. The topological polar surface area (TPSA) is 9.23 Å². The summed E-state index contributed by atoms with van der Waals surface area (Å²) in [6.45, 7) is 8.58. The first-order chi connectivity index (χ1) is 5.38. The monoisotopic (exact) mass is 168 g/mol. The number of hydrogen-bond donors (Lipinski definition) is 0. The summed E-state index contributed by atoms with van der Waals surface area (Å²) in [5.41, 5.74) is 4.60. The maximum atomic E-state index is 5.64. The van der Waals surface area contributed by atoms with Crippen LogP contribution in [0.5, 0.6) is 0 Å². The second-order valence-corrected chi connectivity index (χ2v) is 5.79. The SMILES string of the molecule is C=C[SiH](C=C)C1CCCCO1. The highest BCUT2D eigenvalue weighted by Crippen LogP contribution is 2.15. The van der Waals surface area contributed by atoms with Crippen LogP contribution in [0.3, 0.4) is 0 Å². The van der Waals surface area contributed by atoms with E-state index in [1.807, 2.05) is 0 Å². The van der Waals surface area contributed by atoms with Gasteiger partial charge in [-0.1, -0.05) is 11.4 Å². The molecule has 0 saturated carbocycles. The van der Waals surface area contributed by atoms with Crippen LogP contribution in [0.2, 0.25) is 0 Å². The zero-order valence-corrected chi connectivity index (χ0v) is 8.11. The Morgan fingerprint density at radius 1 is 1.27 bits per heavy atom. The van der Waals surface area contributed by atoms with Gasteiger partial charge in [0.05, 0.1) is 5.73 Å². The summed E-state index contributed by atoms with van der Waals surface area (Å²) in [6.07, 6.45) is 3.76. The van der Waals surface area contributed by atoms with Crippen molar-refractivity contribution in [1.82, 2.24) is 0 Å². The minimum absolute atomic E-state index is 0.485. The van der Waals surface area contributed by atoms with Crippen LogP contribution in [0.25, 0.3) is 0 Å². The first-order valence-corrected chi connectivity index (χ1v) is 6.25. The lowest BCUT2D eigenvalue weighted by molar-refractivity contribution is 0.0641. The van der Waals surface area contributed by atoms with Gasteiger partial charge < -0.3 is 4.74 Å². The molecule has 1 atom stereocenters. The van der Waals surface area contributed by atoms with E-state index in [2.05, 4.69) is 24.6 Å². The van der Waals surface area contributed by atoms with Gasteiger partial charge in [0.25, 0.3) is 0 Å². The zero-order valence-electron chi connectivity index (χ0n) is 6.96. The van der Waals surface area contributed by atoms with Crippen LogP contribution in [-0.2, 0) is 4.74 Å². The molecule has 0 spiro atoms. The second kappa shape index (κ2) is 4.52. The van der Waals surface area contributed by atoms with E-state index in [4.69, 9.17) is 4.74 Å². The van der Waals surface area contributed by atoms with Gasteiger partial charge in [0.2, 0.25) is 0 Å². The summed E-state index contributed by atoms with van der Waals surface area (Å²) in [4.78, 5) is 0. The lowest BCUT2D eigenvalue weighted by Crippen LogP contribution is -2.33. The maximum absolute atomic E-state index is 5.64. The van der Waals surface area contributed by atoms with Crippen LogP contribution < -0.4 is 0 Å². The third-order valence-corrected chi connectivity index (χ3v) is 4.66. The minimum atomic E-state index is -0.968. The molecule has 1 fully saturated rings. The molecule has 1 aliphatic rings. The van der Waals surface area contributed by atoms with E-state index in [1.165, 1.54) is 19.3 Å². The van der Waals surface area contributed by atoms with Crippen LogP contribution in [-0.4, -0.2) is 21.1 Å². The zero-order chi connectivity index (χ0) is 8.10. The highest BCUT2D eigenvalue weighted by molar-refractivity contribution is 6.70. The van der Waals surface area contributed by atoms with Gasteiger partial charge in [0.1, 0.15) is 8.80 Å². The van der Waals surface area contributed by atoms with Crippen LogP contribution in [0.15, 0.2) is 24.6 Å². The van der Waals surface area contributed by atoms with Gasteiger partial charge in [-0.25, -0.2) is 0 Å². The molecule has 0 radical (unpaired) electrons. The Morgan fingerprint density at radius 3 is 2.45 bits per heavy atom. The van der Waals surface area contributed by atoms with Gasteiger partial charge in [0, 0.05) is 6.61 Å². The molecule has 62 valence electrons. The predicted molar refractivity (Wildman–Crippen MR) is 51.1 cm³/mol. The van der Waals surface area contributed by atoms with E-state index in [9.17, 15) is 0 Å². The van der Waals surface area contributed by atoms with Gasteiger partial charge in [0.15, 0.2) is 0 Å². The molecule has 11 heavy (non-hydrogen) atoms. The van der Waals surface area contributed by atoms with Crippen molar-refractivity contribution in [2.75, 3.05) is 6.61 Å². The highest BCUT2D eigenvalue weighted by atomic mass is 28.3. The molecule has 0 amide bonds. The van der Waals surface area contributed by atoms with Crippen LogP contribution in [0.1, 0.15) is 19.3 Å². The van der Waals surface area contributed by atoms with Gasteiger partial charge >= 0.3 is 0 Å². The van der Waals surface area contributed by atoms with E-state index in [0.717, 1.165) is 6.61 Å². The normalized spacial score (nSPS) is 25.0. The molecule has 1 heterocycles. The van der Waals surface area contributed by atoms with E-state index < -0.39 is 8.80 Å². The molecule has 1 aliphatic heterocycles. The van der Waals surface area contributed by atoms with Crippen LogP contribution in [0.4, 0.5) is 0 Å². The smallest absolute Gasteiger partial charge is 0.117 e. The molecule has 0 N–H and O–H groups in total. The fraction of sp³-hybridized carbons (Fsp3) is 0.556. The first-order valence-electron chi connectivity index (χ1n) is 4.25. The van der Waals surface area contributed by atoms with E-state index in [0.29, 0.717) is 5.73 Å². The van der Waals surface area contributed by atoms with Crippen LogP contribution in [0, 0.1) is 0 Å². The van der Waals surface area contributed by atoms with Crippen LogP contribution >= 0.6 is 0 Å². The van der Waals surface area contributed by atoms with Crippen molar-refractivity contribution in [2.24, 2.45) is 0 Å². The van der Waals surface area contributed by atoms with Crippen molar-refractivity contribution in [1.29, 1.82) is 0 Å². The predicted octanol–water partition coefficient (Wildman–Crippen LogP) is 1.77. The van der Waals surface area contributed by atoms with Gasteiger partial charge in [-0.15, -0.1) is 13.2 Å². The Hall–Kier alpha value is -0.343. The molecule has 1 unspecified atom stereocenters. The fourth-order valence-corrected chi connectivity index (χ4v) is 3.25. The molecular weight excluding hydrogens is 152 g/mol. The summed E-state index contributed by atoms with van der Waals surface area (Å²) >= 11 is 0. The van der Waals surface area contributed by atoms with Crippen molar-refractivity contribution in [3.63, 3.8) is 0 Å². The Labute approximate surface area is 70.4 Å². The quantitative estimate of drug-likeness (QED) is 0.584. The average Bonchev–Trinajstić information content (AvgIpc) is 2.09. The second-order valence-electron chi connectivity index (χ2n) is 2.95. The van der Waals surface area contributed by atoms with Crippen molar-refractivity contribution in [2.45, 2.75) is 25.0 Å². The standard InChI is InChI=1S/C9H16OSi/c1-3-11(4-2)9-7-5-6-8-10-9/h3-4,9,11H,1-2,5-8H2. The van der Waals surface area contributed by atoms with Gasteiger partial charge in [-0.3, -0.25) is 0 Å². The number of rotatable bonds is 3. The molecular formula is C9H16OSi. The summed E-state index contributed by atoms with van der Waals surface area (Å²) < 4.78 is 5.64. The summed E-state index contributed by atoms with van der Waals surface area (Å²) in [7, 11) is -0.968. The Kier molecular flexibility index (Phi) is 3.59. The lowest BCUT2D eigenvalue weighted by atomic mass is 10.2. The Morgan fingerprint density at radius 2 is 2.00 bits per heavy atom. The summed E-state index contributed by atoms with van der Waals surface area (Å²) in [5.74, 6) is 0. The van der Waals surface area contributed by atoms with Crippen molar-refractivity contribution < 1.29 is 4.74 Å². The average molecular weight is 168 g/mol. The summed E-state index contributed by atoms with van der Waals surface area (Å²) in [6, 6.07) is 0. The van der Waals surface area contributed by atoms with Gasteiger partial charge in [-0.05, 0) is 19.3 Å². The molecule has 1 rings (SSSR count). The molecule has 0 aromatic heterocycles. The third-order valence-electron chi connectivity index (χ3n) is 2.19. The molecule has 0 aromatic rings. The Bertz CT molecular complexity index is 130. The minimum Gasteiger partial charge on any atom is -0.381 e. The van der Waals surface area contributed by atoms with E-state index >= 15 is 0 Å². The first kappa shape index (κ1) is 8.75. The van der Waals surface area contributed by atoms with Crippen molar-refractivity contribution in [3.05, 3.63) is 24.6 Å². The molecule has 1 saturated heterocycles. The van der Waals surface area contributed by atoms with Crippen molar-refractivity contribution >= 4 is 8.80 Å². The third kappa shape index (κ3) is 2.31. The summed E-state index contributed by atoms with van der Waals surface area (Å²) in [5, 5.41) is 0. The van der Waals surface area contributed by atoms with Crippen molar-refractivity contribution in [3.8, 4) is 0 Å². The molecule has 0 bridgehead atoms. The molecule has 2 heteroatoms.